The van der Waals surface area contributed by atoms with E-state index >= 15 is 0 Å². The van der Waals surface area contributed by atoms with Gasteiger partial charge in [-0.05, 0) is 38.5 Å². The Labute approximate surface area is 125 Å². The largest absolute Gasteiger partial charge is 0.397 e. The first-order valence-electron chi connectivity index (χ1n) is 6.15. The van der Waals surface area contributed by atoms with Crippen molar-refractivity contribution in [1.82, 2.24) is 5.16 Å². The highest BCUT2D eigenvalue weighted by molar-refractivity contribution is 9.10. The number of aromatic nitrogens is 1. The number of carbonyl (C=O) groups is 1. The number of amides is 1. The summed E-state index contributed by atoms with van der Waals surface area (Å²) in [6.07, 6.45) is 0.214. The van der Waals surface area contributed by atoms with Gasteiger partial charge < -0.3 is 15.6 Å². The minimum Gasteiger partial charge on any atom is -0.397 e. The zero-order valence-corrected chi connectivity index (χ0v) is 13.2. The zero-order valence-electron chi connectivity index (χ0n) is 11.6. The maximum Gasteiger partial charge on any atom is 0.229 e. The molecule has 0 aliphatic rings. The first kappa shape index (κ1) is 14.6. The van der Waals surface area contributed by atoms with Crippen LogP contribution in [0, 0.1) is 20.8 Å². The highest BCUT2D eigenvalue weighted by Crippen LogP contribution is 2.27. The molecule has 5 nitrogen and oxygen atoms in total. The maximum atomic E-state index is 12.1. The highest BCUT2D eigenvalue weighted by Gasteiger charge is 2.15. The average molecular weight is 338 g/mol. The van der Waals surface area contributed by atoms with E-state index in [-0.39, 0.29) is 12.3 Å². The fraction of sp³-hybridized carbons (Fsp3) is 0.286. The molecule has 0 aliphatic carbocycles. The van der Waals surface area contributed by atoms with Gasteiger partial charge in [0.2, 0.25) is 5.91 Å². The quantitative estimate of drug-likeness (QED) is 0.843. The lowest BCUT2D eigenvalue weighted by Gasteiger charge is -2.11. The molecule has 0 bridgehead atoms. The number of hydrogen-bond donors (Lipinski definition) is 2. The average Bonchev–Trinajstić information content (AvgIpc) is 2.67. The molecule has 106 valence electrons. The topological polar surface area (TPSA) is 81.2 Å². The van der Waals surface area contributed by atoms with E-state index in [0.29, 0.717) is 17.1 Å². The minimum absolute atomic E-state index is 0.149. The molecule has 0 radical (unpaired) electrons. The summed E-state index contributed by atoms with van der Waals surface area (Å²) in [7, 11) is 0. The summed E-state index contributed by atoms with van der Waals surface area (Å²) < 4.78 is 5.92. The maximum absolute atomic E-state index is 12.1. The second kappa shape index (κ2) is 5.66. The van der Waals surface area contributed by atoms with Gasteiger partial charge in [0.15, 0.2) is 0 Å². The van der Waals surface area contributed by atoms with Crippen molar-refractivity contribution in [2.24, 2.45) is 0 Å². The van der Waals surface area contributed by atoms with Crippen LogP contribution in [-0.4, -0.2) is 11.1 Å². The fourth-order valence-electron chi connectivity index (χ4n) is 1.97. The molecule has 20 heavy (non-hydrogen) atoms. The van der Waals surface area contributed by atoms with Crippen molar-refractivity contribution >= 4 is 33.2 Å². The number of nitrogens with one attached hydrogen (secondary N) is 1. The molecule has 1 amide bonds. The Hall–Kier alpha value is -1.82. The Morgan fingerprint density at radius 1 is 1.40 bits per heavy atom. The van der Waals surface area contributed by atoms with E-state index in [4.69, 9.17) is 10.3 Å². The van der Waals surface area contributed by atoms with Gasteiger partial charge in [-0.1, -0.05) is 21.1 Å². The van der Waals surface area contributed by atoms with Crippen molar-refractivity contribution in [1.29, 1.82) is 0 Å². The van der Waals surface area contributed by atoms with Crippen LogP contribution in [0.4, 0.5) is 11.4 Å². The van der Waals surface area contributed by atoms with E-state index < -0.39 is 0 Å². The number of benzene rings is 1. The number of nitrogen functional groups attached to an aromatic ring is 1. The molecule has 0 spiro atoms. The van der Waals surface area contributed by atoms with Gasteiger partial charge in [-0.15, -0.1) is 0 Å². The van der Waals surface area contributed by atoms with Crippen molar-refractivity contribution in [2.75, 3.05) is 11.1 Å². The van der Waals surface area contributed by atoms with Crippen molar-refractivity contribution in [3.05, 3.63) is 39.2 Å². The molecule has 2 aromatic rings. The number of anilines is 2. The summed E-state index contributed by atoms with van der Waals surface area (Å²) in [4.78, 5) is 12.1. The first-order valence-corrected chi connectivity index (χ1v) is 6.95. The molecule has 0 unspecified atom stereocenters. The van der Waals surface area contributed by atoms with Crippen LogP contribution in [-0.2, 0) is 11.2 Å². The van der Waals surface area contributed by atoms with Gasteiger partial charge >= 0.3 is 0 Å². The molecule has 1 aromatic heterocycles. The Morgan fingerprint density at radius 2 is 2.10 bits per heavy atom. The van der Waals surface area contributed by atoms with Crippen molar-refractivity contribution < 1.29 is 9.32 Å². The number of hydrogen-bond acceptors (Lipinski definition) is 4. The summed E-state index contributed by atoms with van der Waals surface area (Å²) in [5, 5.41) is 6.66. The summed E-state index contributed by atoms with van der Waals surface area (Å²) in [6, 6.07) is 3.69. The lowest BCUT2D eigenvalue weighted by molar-refractivity contribution is -0.115. The standard InChI is InChI=1S/C14H16BrN3O2/c1-7-4-10(15)5-12(14(7)16)17-13(19)6-11-8(2)18-20-9(11)3/h4-5H,6,16H2,1-3H3,(H,17,19). The van der Waals surface area contributed by atoms with E-state index in [1.807, 2.05) is 19.9 Å². The first-order chi connectivity index (χ1) is 9.38. The Balaban J connectivity index is 2.17. The van der Waals surface area contributed by atoms with Crippen LogP contribution in [0.1, 0.15) is 22.6 Å². The molecule has 0 atom stereocenters. The molecule has 1 aromatic carbocycles. The van der Waals surface area contributed by atoms with Crippen LogP contribution in [0.15, 0.2) is 21.1 Å². The lowest BCUT2D eigenvalue weighted by atomic mass is 10.1. The Bertz CT molecular complexity index is 645. The normalized spacial score (nSPS) is 10.6. The van der Waals surface area contributed by atoms with Gasteiger partial charge in [0.25, 0.3) is 0 Å². The second-order valence-electron chi connectivity index (χ2n) is 4.71. The van der Waals surface area contributed by atoms with E-state index in [1.54, 1.807) is 13.0 Å². The molecule has 2 rings (SSSR count). The van der Waals surface area contributed by atoms with Gasteiger partial charge in [-0.2, -0.15) is 0 Å². The van der Waals surface area contributed by atoms with Gasteiger partial charge in [0.1, 0.15) is 5.76 Å². The van der Waals surface area contributed by atoms with Crippen LogP contribution in [0.2, 0.25) is 0 Å². The number of carbonyl (C=O) groups excluding carboxylic acids is 1. The third-order valence-electron chi connectivity index (χ3n) is 3.14. The van der Waals surface area contributed by atoms with Gasteiger partial charge in [-0.3, -0.25) is 4.79 Å². The minimum atomic E-state index is -0.149. The molecule has 0 aliphatic heterocycles. The van der Waals surface area contributed by atoms with Crippen LogP contribution in [0.3, 0.4) is 0 Å². The number of rotatable bonds is 3. The molecule has 1 heterocycles. The Kier molecular flexibility index (Phi) is 4.13. The van der Waals surface area contributed by atoms with Crippen molar-refractivity contribution in [2.45, 2.75) is 27.2 Å². The summed E-state index contributed by atoms with van der Waals surface area (Å²) in [5.41, 5.74) is 9.60. The van der Waals surface area contributed by atoms with Crippen LogP contribution in [0.5, 0.6) is 0 Å². The molecular weight excluding hydrogens is 322 g/mol. The summed E-state index contributed by atoms with van der Waals surface area (Å²) >= 11 is 3.39. The van der Waals surface area contributed by atoms with E-state index in [0.717, 1.165) is 21.3 Å². The van der Waals surface area contributed by atoms with Crippen molar-refractivity contribution in [3.63, 3.8) is 0 Å². The number of nitrogens with zero attached hydrogens (tertiary/aromatic N) is 1. The lowest BCUT2D eigenvalue weighted by Crippen LogP contribution is -2.16. The third kappa shape index (κ3) is 3.01. The monoisotopic (exact) mass is 337 g/mol. The smallest absolute Gasteiger partial charge is 0.229 e. The van der Waals surface area contributed by atoms with Crippen molar-refractivity contribution in [3.8, 4) is 0 Å². The molecular formula is C14H16BrN3O2. The highest BCUT2D eigenvalue weighted by atomic mass is 79.9. The van der Waals surface area contributed by atoms with E-state index in [9.17, 15) is 4.79 Å². The fourth-order valence-corrected chi connectivity index (χ4v) is 2.54. The van der Waals surface area contributed by atoms with Gasteiger partial charge in [0.05, 0.1) is 23.5 Å². The molecule has 0 fully saturated rings. The van der Waals surface area contributed by atoms with Gasteiger partial charge in [0, 0.05) is 10.0 Å². The van der Waals surface area contributed by atoms with Crippen LogP contribution >= 0.6 is 15.9 Å². The molecule has 3 N–H and O–H groups in total. The predicted molar refractivity (Wildman–Crippen MR) is 81.6 cm³/mol. The SMILES string of the molecule is Cc1cc(Br)cc(NC(=O)Cc2c(C)noc2C)c1N. The zero-order chi connectivity index (χ0) is 14.9. The Morgan fingerprint density at radius 3 is 2.70 bits per heavy atom. The molecule has 0 saturated carbocycles. The van der Waals surface area contributed by atoms with Crippen LogP contribution in [0.25, 0.3) is 0 Å². The third-order valence-corrected chi connectivity index (χ3v) is 3.60. The van der Waals surface area contributed by atoms with Gasteiger partial charge in [-0.25, -0.2) is 0 Å². The summed E-state index contributed by atoms with van der Waals surface area (Å²) in [6.45, 7) is 5.50. The molecule has 6 heteroatoms. The number of aryl methyl sites for hydroxylation is 3. The predicted octanol–water partition coefficient (Wildman–Crippen LogP) is 3.13. The van der Waals surface area contributed by atoms with Crippen LogP contribution < -0.4 is 11.1 Å². The number of halogens is 1. The second-order valence-corrected chi connectivity index (χ2v) is 5.63. The summed E-state index contributed by atoms with van der Waals surface area (Å²) in [5.74, 6) is 0.514. The molecule has 0 saturated heterocycles. The van der Waals surface area contributed by atoms with E-state index in [2.05, 4.69) is 26.4 Å². The van der Waals surface area contributed by atoms with E-state index in [1.165, 1.54) is 0 Å². The number of nitrogens with two attached hydrogens (primary N) is 1.